The lowest BCUT2D eigenvalue weighted by Gasteiger charge is -2.28. The SMILES string of the molecule is FC(F)(F)C1(c2nc3cccnc3s2)CCNC1. The molecule has 0 spiro atoms. The Balaban J connectivity index is 2.16. The van der Waals surface area contributed by atoms with E-state index >= 15 is 0 Å². The number of halogens is 3. The Bertz CT molecular complexity index is 539. The van der Waals surface area contributed by atoms with Crippen molar-refractivity contribution in [3.8, 4) is 0 Å². The van der Waals surface area contributed by atoms with Crippen LogP contribution >= 0.6 is 11.3 Å². The molecule has 1 saturated heterocycles. The van der Waals surface area contributed by atoms with Crippen LogP contribution < -0.4 is 5.32 Å². The minimum Gasteiger partial charge on any atom is -0.315 e. The van der Waals surface area contributed by atoms with Crippen LogP contribution in [0.1, 0.15) is 11.4 Å². The van der Waals surface area contributed by atoms with Gasteiger partial charge in [-0.1, -0.05) is 11.3 Å². The van der Waals surface area contributed by atoms with Gasteiger partial charge in [-0.05, 0) is 25.1 Å². The smallest absolute Gasteiger partial charge is 0.315 e. The Morgan fingerprint density at radius 3 is 2.83 bits per heavy atom. The van der Waals surface area contributed by atoms with Gasteiger partial charge < -0.3 is 5.32 Å². The zero-order chi connectivity index (χ0) is 12.8. The number of nitrogens with zero attached hydrogens (tertiary/aromatic N) is 2. The fourth-order valence-corrected chi connectivity index (χ4v) is 3.36. The summed E-state index contributed by atoms with van der Waals surface area (Å²) in [5, 5.41) is 2.91. The first-order valence-corrected chi connectivity index (χ1v) is 6.34. The van der Waals surface area contributed by atoms with Crippen molar-refractivity contribution >= 4 is 21.7 Å². The second-order valence-corrected chi connectivity index (χ2v) is 5.33. The van der Waals surface area contributed by atoms with Crippen LogP contribution in [-0.2, 0) is 5.41 Å². The zero-order valence-corrected chi connectivity index (χ0v) is 10.1. The Morgan fingerprint density at radius 1 is 1.39 bits per heavy atom. The summed E-state index contributed by atoms with van der Waals surface area (Å²) in [4.78, 5) is 8.74. The van der Waals surface area contributed by atoms with Crippen molar-refractivity contribution in [1.29, 1.82) is 0 Å². The van der Waals surface area contributed by atoms with E-state index in [1.165, 1.54) is 0 Å². The Morgan fingerprint density at radius 2 is 2.22 bits per heavy atom. The second kappa shape index (κ2) is 3.89. The fourth-order valence-electron chi connectivity index (χ4n) is 2.21. The van der Waals surface area contributed by atoms with Crippen LogP contribution in [-0.4, -0.2) is 29.2 Å². The summed E-state index contributed by atoms with van der Waals surface area (Å²) in [6.07, 6.45) is -2.68. The van der Waals surface area contributed by atoms with E-state index in [0.29, 0.717) is 16.9 Å². The number of pyridine rings is 1. The molecule has 2 aromatic heterocycles. The van der Waals surface area contributed by atoms with Crippen molar-refractivity contribution in [2.24, 2.45) is 0 Å². The van der Waals surface area contributed by atoms with Gasteiger partial charge in [0.25, 0.3) is 0 Å². The van der Waals surface area contributed by atoms with Crippen LogP contribution in [0.2, 0.25) is 0 Å². The Hall–Kier alpha value is -1.21. The van der Waals surface area contributed by atoms with E-state index in [2.05, 4.69) is 15.3 Å². The molecule has 3 rings (SSSR count). The molecule has 96 valence electrons. The molecule has 0 radical (unpaired) electrons. The van der Waals surface area contributed by atoms with E-state index < -0.39 is 11.6 Å². The first-order chi connectivity index (χ1) is 8.53. The summed E-state index contributed by atoms with van der Waals surface area (Å²) in [5.41, 5.74) is -1.31. The van der Waals surface area contributed by atoms with E-state index in [9.17, 15) is 13.2 Å². The molecular formula is C11H10F3N3S. The van der Waals surface area contributed by atoms with Crippen molar-refractivity contribution in [1.82, 2.24) is 15.3 Å². The molecule has 1 aliphatic rings. The molecule has 1 aliphatic heterocycles. The monoisotopic (exact) mass is 273 g/mol. The van der Waals surface area contributed by atoms with Gasteiger partial charge in [0.05, 0.1) is 0 Å². The number of hydrogen-bond acceptors (Lipinski definition) is 4. The third kappa shape index (κ3) is 1.61. The average Bonchev–Trinajstić information content (AvgIpc) is 2.95. The maximum Gasteiger partial charge on any atom is 0.402 e. The maximum atomic E-state index is 13.3. The second-order valence-electron chi connectivity index (χ2n) is 4.35. The minimum atomic E-state index is -4.29. The lowest BCUT2D eigenvalue weighted by atomic mass is 9.87. The molecule has 2 aromatic rings. The van der Waals surface area contributed by atoms with Crippen LogP contribution in [0.25, 0.3) is 10.3 Å². The minimum absolute atomic E-state index is 0.0380. The van der Waals surface area contributed by atoms with Crippen LogP contribution in [0.5, 0.6) is 0 Å². The van der Waals surface area contributed by atoms with Gasteiger partial charge in [-0.25, -0.2) is 9.97 Å². The van der Waals surface area contributed by atoms with Gasteiger partial charge in [-0.15, -0.1) is 0 Å². The van der Waals surface area contributed by atoms with E-state index in [4.69, 9.17) is 0 Å². The molecule has 1 atom stereocenters. The standard InChI is InChI=1S/C11H10F3N3S/c12-11(13,14)10(3-5-15-6-10)9-17-7-2-1-4-16-8(7)18-9/h1-2,4,15H,3,5-6H2. The number of alkyl halides is 3. The molecule has 0 bridgehead atoms. The molecule has 3 nitrogen and oxygen atoms in total. The summed E-state index contributed by atoms with van der Waals surface area (Å²) >= 11 is 1.04. The molecule has 0 aliphatic carbocycles. The zero-order valence-electron chi connectivity index (χ0n) is 9.29. The van der Waals surface area contributed by atoms with E-state index in [1.54, 1.807) is 18.3 Å². The van der Waals surface area contributed by atoms with E-state index in [-0.39, 0.29) is 18.0 Å². The molecule has 1 fully saturated rings. The summed E-state index contributed by atoms with van der Waals surface area (Å²) in [6.45, 7) is 0.263. The molecular weight excluding hydrogens is 263 g/mol. The van der Waals surface area contributed by atoms with Crippen molar-refractivity contribution in [2.45, 2.75) is 18.0 Å². The maximum absolute atomic E-state index is 13.3. The fraction of sp³-hybridized carbons (Fsp3) is 0.455. The predicted molar refractivity (Wildman–Crippen MR) is 62.6 cm³/mol. The number of rotatable bonds is 1. The highest BCUT2D eigenvalue weighted by Crippen LogP contribution is 2.47. The third-order valence-corrected chi connectivity index (χ3v) is 4.46. The van der Waals surface area contributed by atoms with Crippen molar-refractivity contribution in [3.63, 3.8) is 0 Å². The van der Waals surface area contributed by atoms with E-state index in [1.807, 2.05) is 0 Å². The lowest BCUT2D eigenvalue weighted by molar-refractivity contribution is -0.184. The highest BCUT2D eigenvalue weighted by atomic mass is 32.1. The van der Waals surface area contributed by atoms with Gasteiger partial charge >= 0.3 is 6.18 Å². The van der Waals surface area contributed by atoms with Gasteiger partial charge in [0.2, 0.25) is 0 Å². The molecule has 3 heterocycles. The van der Waals surface area contributed by atoms with Crippen molar-refractivity contribution < 1.29 is 13.2 Å². The topological polar surface area (TPSA) is 37.8 Å². The highest BCUT2D eigenvalue weighted by Gasteiger charge is 2.59. The first kappa shape index (κ1) is 11.9. The molecule has 7 heteroatoms. The van der Waals surface area contributed by atoms with Gasteiger partial charge in [0.1, 0.15) is 20.8 Å². The summed E-state index contributed by atoms with van der Waals surface area (Å²) in [6, 6.07) is 3.37. The van der Waals surface area contributed by atoms with Crippen LogP contribution in [0.15, 0.2) is 18.3 Å². The number of nitrogens with one attached hydrogen (secondary N) is 1. The van der Waals surface area contributed by atoms with Crippen LogP contribution in [0.3, 0.4) is 0 Å². The van der Waals surface area contributed by atoms with Gasteiger partial charge in [0, 0.05) is 12.7 Å². The van der Waals surface area contributed by atoms with Crippen LogP contribution in [0, 0.1) is 0 Å². The normalized spacial score (nSPS) is 24.8. The van der Waals surface area contributed by atoms with E-state index in [0.717, 1.165) is 11.3 Å². The molecule has 0 amide bonds. The summed E-state index contributed by atoms with van der Waals surface area (Å²) < 4.78 is 40.0. The Labute approximate surface area is 105 Å². The summed E-state index contributed by atoms with van der Waals surface area (Å²) in [5.74, 6) is 0. The quantitative estimate of drug-likeness (QED) is 0.867. The van der Waals surface area contributed by atoms with Gasteiger partial charge in [0.15, 0.2) is 0 Å². The first-order valence-electron chi connectivity index (χ1n) is 5.52. The van der Waals surface area contributed by atoms with Crippen LogP contribution in [0.4, 0.5) is 13.2 Å². The molecule has 0 saturated carbocycles. The van der Waals surface area contributed by atoms with Gasteiger partial charge in [-0.2, -0.15) is 13.2 Å². The number of hydrogen-bond donors (Lipinski definition) is 1. The number of fused-ring (bicyclic) bond motifs is 1. The molecule has 18 heavy (non-hydrogen) atoms. The highest BCUT2D eigenvalue weighted by molar-refractivity contribution is 7.18. The Kier molecular flexibility index (Phi) is 2.56. The summed E-state index contributed by atoms with van der Waals surface area (Å²) in [7, 11) is 0. The molecule has 1 N–H and O–H groups in total. The van der Waals surface area contributed by atoms with Crippen molar-refractivity contribution in [2.75, 3.05) is 13.1 Å². The number of aromatic nitrogens is 2. The molecule has 0 aromatic carbocycles. The molecule has 1 unspecified atom stereocenters. The average molecular weight is 273 g/mol. The third-order valence-electron chi connectivity index (χ3n) is 3.27. The number of thiazole rings is 1. The van der Waals surface area contributed by atoms with Crippen molar-refractivity contribution in [3.05, 3.63) is 23.3 Å². The van der Waals surface area contributed by atoms with Gasteiger partial charge in [-0.3, -0.25) is 0 Å². The lowest BCUT2D eigenvalue weighted by Crippen LogP contribution is -2.44. The largest absolute Gasteiger partial charge is 0.402 e. The predicted octanol–water partition coefficient (Wildman–Crippen LogP) is 2.48.